The lowest BCUT2D eigenvalue weighted by Crippen LogP contribution is -2.54. The van der Waals surface area contributed by atoms with Gasteiger partial charge in [0.15, 0.2) is 0 Å². The minimum atomic E-state index is -0.0944. The van der Waals surface area contributed by atoms with Crippen LogP contribution in [0.2, 0.25) is 0 Å². The highest BCUT2D eigenvalue weighted by Crippen LogP contribution is 2.41. The van der Waals surface area contributed by atoms with Gasteiger partial charge < -0.3 is 14.7 Å². The average molecular weight is 318 g/mol. The average Bonchev–Trinajstić information content (AvgIpc) is 2.62. The number of rotatable bonds is 3. The Morgan fingerprint density at radius 2 is 2.17 bits per heavy atom. The summed E-state index contributed by atoms with van der Waals surface area (Å²) in [6.45, 7) is 4.31. The zero-order valence-electron chi connectivity index (χ0n) is 13.8. The molecule has 0 saturated carbocycles. The van der Waals surface area contributed by atoms with Crippen LogP contribution in [-0.4, -0.2) is 53.3 Å². The van der Waals surface area contributed by atoms with Gasteiger partial charge in [-0.15, -0.1) is 0 Å². The highest BCUT2D eigenvalue weighted by Gasteiger charge is 2.42. The first-order chi connectivity index (χ1) is 11.2. The van der Waals surface area contributed by atoms with Crippen molar-refractivity contribution >= 4 is 5.91 Å². The molecule has 1 aromatic rings. The monoisotopic (exact) mass is 318 g/mol. The van der Waals surface area contributed by atoms with E-state index in [2.05, 4.69) is 4.98 Å². The molecule has 3 heterocycles. The SMILES string of the molecule is CCc1cccc(C(=O)N2CC3(CCOCC3)CCC2CO)n1. The molecule has 0 radical (unpaired) electrons. The van der Waals surface area contributed by atoms with Crippen LogP contribution in [0.5, 0.6) is 0 Å². The molecule has 0 aliphatic carbocycles. The Labute approximate surface area is 137 Å². The van der Waals surface area contributed by atoms with Crippen LogP contribution in [0.1, 0.15) is 48.8 Å². The van der Waals surface area contributed by atoms with Gasteiger partial charge in [-0.2, -0.15) is 0 Å². The first kappa shape index (κ1) is 16.4. The van der Waals surface area contributed by atoms with Crippen LogP contribution in [0.25, 0.3) is 0 Å². The standard InChI is InChI=1S/C18H26N2O3/c1-2-14-4-3-5-16(19-14)17(22)20-13-18(7-6-15(20)12-21)8-10-23-11-9-18/h3-5,15,21H,2,6-13H2,1H3. The van der Waals surface area contributed by atoms with E-state index in [0.29, 0.717) is 12.2 Å². The fourth-order valence-corrected chi connectivity index (χ4v) is 3.78. The highest BCUT2D eigenvalue weighted by atomic mass is 16.5. The molecule has 2 aliphatic rings. The third kappa shape index (κ3) is 3.40. The molecule has 23 heavy (non-hydrogen) atoms. The smallest absolute Gasteiger partial charge is 0.272 e. The number of carbonyl (C=O) groups is 1. The Bertz CT molecular complexity index is 555. The Kier molecular flexibility index (Phi) is 4.97. The number of carbonyl (C=O) groups excluding carboxylic acids is 1. The quantitative estimate of drug-likeness (QED) is 0.926. The maximum absolute atomic E-state index is 13.0. The molecule has 2 saturated heterocycles. The molecule has 126 valence electrons. The minimum absolute atomic E-state index is 0.0196. The Balaban J connectivity index is 1.82. The maximum atomic E-state index is 13.0. The lowest BCUT2D eigenvalue weighted by molar-refractivity contribution is -0.0437. The lowest BCUT2D eigenvalue weighted by Gasteiger charge is -2.48. The van der Waals surface area contributed by atoms with Gasteiger partial charge >= 0.3 is 0 Å². The van der Waals surface area contributed by atoms with Crippen molar-refractivity contribution in [2.24, 2.45) is 5.41 Å². The van der Waals surface area contributed by atoms with Crippen LogP contribution in [0.3, 0.4) is 0 Å². The number of likely N-dealkylation sites (tertiary alicyclic amines) is 1. The first-order valence-electron chi connectivity index (χ1n) is 8.63. The summed E-state index contributed by atoms with van der Waals surface area (Å²) < 4.78 is 5.50. The molecule has 5 nitrogen and oxygen atoms in total. The summed E-state index contributed by atoms with van der Waals surface area (Å²) in [5.74, 6) is -0.0510. The van der Waals surface area contributed by atoms with E-state index >= 15 is 0 Å². The second-order valence-corrected chi connectivity index (χ2v) is 6.79. The molecular formula is C18H26N2O3. The van der Waals surface area contributed by atoms with Crippen LogP contribution < -0.4 is 0 Å². The van der Waals surface area contributed by atoms with Crippen LogP contribution >= 0.6 is 0 Å². The number of hydrogen-bond acceptors (Lipinski definition) is 4. The van der Waals surface area contributed by atoms with E-state index in [0.717, 1.165) is 51.0 Å². The van der Waals surface area contributed by atoms with E-state index in [-0.39, 0.29) is 24.0 Å². The normalized spacial score (nSPS) is 23.9. The van der Waals surface area contributed by atoms with E-state index in [1.807, 2.05) is 24.0 Å². The maximum Gasteiger partial charge on any atom is 0.272 e. The summed E-state index contributed by atoms with van der Waals surface area (Å²) >= 11 is 0. The fraction of sp³-hybridized carbons (Fsp3) is 0.667. The number of aryl methyl sites for hydroxylation is 1. The fourth-order valence-electron chi connectivity index (χ4n) is 3.78. The van der Waals surface area contributed by atoms with Crippen LogP contribution in [-0.2, 0) is 11.2 Å². The minimum Gasteiger partial charge on any atom is -0.394 e. The summed E-state index contributed by atoms with van der Waals surface area (Å²) in [5, 5.41) is 9.71. The predicted molar refractivity (Wildman–Crippen MR) is 87.2 cm³/mol. The van der Waals surface area contributed by atoms with Gasteiger partial charge in [0, 0.05) is 25.5 Å². The van der Waals surface area contributed by atoms with Crippen molar-refractivity contribution in [3.8, 4) is 0 Å². The van der Waals surface area contributed by atoms with Crippen LogP contribution in [0.4, 0.5) is 0 Å². The van der Waals surface area contributed by atoms with Crippen molar-refractivity contribution < 1.29 is 14.6 Å². The first-order valence-corrected chi connectivity index (χ1v) is 8.63. The van der Waals surface area contributed by atoms with Crippen molar-refractivity contribution in [2.45, 2.75) is 45.1 Å². The molecular weight excluding hydrogens is 292 g/mol. The Morgan fingerprint density at radius 3 is 2.87 bits per heavy atom. The summed E-state index contributed by atoms with van der Waals surface area (Å²) in [5.41, 5.74) is 1.57. The molecule has 2 aliphatic heterocycles. The Morgan fingerprint density at radius 1 is 1.39 bits per heavy atom. The van der Waals surface area contributed by atoms with E-state index in [1.54, 1.807) is 6.07 Å². The van der Waals surface area contributed by atoms with Crippen LogP contribution in [0, 0.1) is 5.41 Å². The number of piperidine rings is 1. The number of aliphatic hydroxyl groups is 1. The van der Waals surface area contributed by atoms with Gasteiger partial charge in [0.1, 0.15) is 5.69 Å². The topological polar surface area (TPSA) is 62.7 Å². The predicted octanol–water partition coefficient (Wildman–Crippen LogP) is 2.04. The number of aromatic nitrogens is 1. The molecule has 1 atom stereocenters. The van der Waals surface area contributed by atoms with E-state index < -0.39 is 0 Å². The summed E-state index contributed by atoms with van der Waals surface area (Å²) in [7, 11) is 0. The third-order valence-corrected chi connectivity index (χ3v) is 5.37. The van der Waals surface area contributed by atoms with Crippen molar-refractivity contribution in [3.05, 3.63) is 29.6 Å². The molecule has 2 fully saturated rings. The van der Waals surface area contributed by atoms with Gasteiger partial charge in [-0.1, -0.05) is 13.0 Å². The molecule has 3 rings (SSSR count). The zero-order valence-corrected chi connectivity index (χ0v) is 13.8. The van der Waals surface area contributed by atoms with Crippen molar-refractivity contribution in [2.75, 3.05) is 26.4 Å². The molecule has 1 unspecified atom stereocenters. The van der Waals surface area contributed by atoms with Gasteiger partial charge in [-0.05, 0) is 49.7 Å². The van der Waals surface area contributed by atoms with E-state index in [9.17, 15) is 9.90 Å². The van der Waals surface area contributed by atoms with Gasteiger partial charge in [0.2, 0.25) is 0 Å². The van der Waals surface area contributed by atoms with Gasteiger partial charge in [0.25, 0.3) is 5.91 Å². The number of aliphatic hydroxyl groups excluding tert-OH is 1. The zero-order chi connectivity index (χ0) is 16.3. The number of nitrogens with zero attached hydrogens (tertiary/aromatic N) is 2. The third-order valence-electron chi connectivity index (χ3n) is 5.37. The van der Waals surface area contributed by atoms with E-state index in [1.165, 1.54) is 0 Å². The number of hydrogen-bond donors (Lipinski definition) is 1. The number of pyridine rings is 1. The lowest BCUT2D eigenvalue weighted by atomic mass is 9.72. The number of amides is 1. The summed E-state index contributed by atoms with van der Waals surface area (Å²) in [4.78, 5) is 19.3. The molecule has 0 bridgehead atoms. The summed E-state index contributed by atoms with van der Waals surface area (Å²) in [6, 6.07) is 5.52. The van der Waals surface area contributed by atoms with Gasteiger partial charge in [0.05, 0.1) is 12.6 Å². The van der Waals surface area contributed by atoms with Crippen molar-refractivity contribution in [3.63, 3.8) is 0 Å². The van der Waals surface area contributed by atoms with Gasteiger partial charge in [-0.3, -0.25) is 4.79 Å². The molecule has 1 amide bonds. The molecule has 1 N–H and O–H groups in total. The molecule has 0 aromatic carbocycles. The van der Waals surface area contributed by atoms with Crippen LogP contribution in [0.15, 0.2) is 18.2 Å². The van der Waals surface area contributed by atoms with E-state index in [4.69, 9.17) is 4.74 Å². The van der Waals surface area contributed by atoms with Gasteiger partial charge in [-0.25, -0.2) is 4.98 Å². The Hall–Kier alpha value is -1.46. The molecule has 1 aromatic heterocycles. The number of ether oxygens (including phenoxy) is 1. The second kappa shape index (κ2) is 6.97. The molecule has 1 spiro atoms. The second-order valence-electron chi connectivity index (χ2n) is 6.79. The largest absolute Gasteiger partial charge is 0.394 e. The highest BCUT2D eigenvalue weighted by molar-refractivity contribution is 5.92. The molecule has 5 heteroatoms. The van der Waals surface area contributed by atoms with Crippen molar-refractivity contribution in [1.29, 1.82) is 0 Å². The van der Waals surface area contributed by atoms with Crippen molar-refractivity contribution in [1.82, 2.24) is 9.88 Å². The summed E-state index contributed by atoms with van der Waals surface area (Å²) in [6.07, 6.45) is 4.73.